The number of hydrogen-bond acceptors (Lipinski definition) is 4. The van der Waals surface area contributed by atoms with Crippen molar-refractivity contribution in [3.05, 3.63) is 53.6 Å². The lowest BCUT2D eigenvalue weighted by Gasteiger charge is -2.13. The van der Waals surface area contributed by atoms with E-state index in [4.69, 9.17) is 9.47 Å². The summed E-state index contributed by atoms with van der Waals surface area (Å²) in [5, 5.41) is 6.36. The minimum atomic E-state index is -2.84. The van der Waals surface area contributed by atoms with Crippen LogP contribution in [0.15, 0.2) is 47.5 Å². The highest BCUT2D eigenvalue weighted by atomic mass is 127. The van der Waals surface area contributed by atoms with Crippen LogP contribution in [0.1, 0.15) is 11.1 Å². The molecule has 0 radical (unpaired) electrons. The van der Waals surface area contributed by atoms with Gasteiger partial charge >= 0.3 is 6.61 Å². The highest BCUT2D eigenvalue weighted by Crippen LogP contribution is 2.27. The van der Waals surface area contributed by atoms with Gasteiger partial charge in [-0.05, 0) is 41.8 Å². The number of hydrogen-bond donors (Lipinski definition) is 2. The van der Waals surface area contributed by atoms with Crippen molar-refractivity contribution in [1.29, 1.82) is 0 Å². The molecule has 0 spiro atoms. The van der Waals surface area contributed by atoms with Crippen molar-refractivity contribution in [3.63, 3.8) is 0 Å². The molecule has 0 aliphatic carbocycles. The van der Waals surface area contributed by atoms with Crippen LogP contribution in [0.2, 0.25) is 0 Å². The van der Waals surface area contributed by atoms with Crippen molar-refractivity contribution in [3.8, 4) is 17.2 Å². The van der Waals surface area contributed by atoms with Crippen LogP contribution in [-0.4, -0.2) is 40.4 Å². The lowest BCUT2D eigenvalue weighted by molar-refractivity contribution is -0.0498. The predicted octanol–water partition coefficient (Wildman–Crippen LogP) is 3.83. The van der Waals surface area contributed by atoms with E-state index in [1.165, 1.54) is 6.07 Å². The number of ether oxygens (including phenoxy) is 3. The number of alkyl halides is 2. The zero-order valence-electron chi connectivity index (χ0n) is 16.6. The van der Waals surface area contributed by atoms with Gasteiger partial charge in [-0.2, -0.15) is 8.78 Å². The number of benzene rings is 2. The number of methoxy groups -OCH3 is 2. The Balaban J connectivity index is 0.00000420. The van der Waals surface area contributed by atoms with Crippen molar-refractivity contribution < 1.29 is 23.0 Å². The number of aliphatic imine (C=N–C) groups is 1. The second kappa shape index (κ2) is 13.0. The van der Waals surface area contributed by atoms with Gasteiger partial charge in [0.25, 0.3) is 0 Å². The third-order valence-electron chi connectivity index (χ3n) is 3.96. The van der Waals surface area contributed by atoms with Crippen molar-refractivity contribution in [2.45, 2.75) is 19.6 Å². The molecular formula is C20H26F2IN3O3. The van der Waals surface area contributed by atoms with Gasteiger partial charge in [0.15, 0.2) is 17.5 Å². The Morgan fingerprint density at radius 3 is 2.41 bits per heavy atom. The van der Waals surface area contributed by atoms with Crippen LogP contribution in [0.25, 0.3) is 0 Å². The van der Waals surface area contributed by atoms with E-state index < -0.39 is 6.61 Å². The molecule has 160 valence electrons. The van der Waals surface area contributed by atoms with Gasteiger partial charge in [-0.25, -0.2) is 0 Å². The first-order valence-corrected chi connectivity index (χ1v) is 8.75. The van der Waals surface area contributed by atoms with E-state index in [-0.39, 0.29) is 29.7 Å². The van der Waals surface area contributed by atoms with Crippen molar-refractivity contribution in [2.75, 3.05) is 27.8 Å². The van der Waals surface area contributed by atoms with Crippen LogP contribution in [0.4, 0.5) is 8.78 Å². The Bertz CT molecular complexity index is 791. The maximum Gasteiger partial charge on any atom is 0.387 e. The zero-order chi connectivity index (χ0) is 20.4. The first kappa shape index (κ1) is 24.7. The molecule has 0 bridgehead atoms. The van der Waals surface area contributed by atoms with Crippen LogP contribution in [-0.2, 0) is 13.0 Å². The van der Waals surface area contributed by atoms with Crippen molar-refractivity contribution in [1.82, 2.24) is 10.6 Å². The standard InChI is InChI=1S/C20H25F2N3O3.HI/c1-23-20(25-13-15-5-4-6-16(11-15)28-19(21)22)24-10-9-14-7-8-17(26-2)18(12-14)27-3;/h4-8,11-12,19H,9-10,13H2,1-3H3,(H2,23,24,25);1H. The molecule has 0 amide bonds. The van der Waals surface area contributed by atoms with E-state index in [1.54, 1.807) is 33.4 Å². The van der Waals surface area contributed by atoms with Gasteiger partial charge in [-0.1, -0.05) is 18.2 Å². The smallest absolute Gasteiger partial charge is 0.387 e. The van der Waals surface area contributed by atoms with Crippen LogP contribution in [0.3, 0.4) is 0 Å². The average Bonchev–Trinajstić information content (AvgIpc) is 2.70. The fourth-order valence-corrected chi connectivity index (χ4v) is 2.60. The Hall–Kier alpha value is -2.30. The molecule has 0 aromatic heterocycles. The molecule has 2 aromatic rings. The monoisotopic (exact) mass is 521 g/mol. The van der Waals surface area contributed by atoms with Gasteiger partial charge in [-0.3, -0.25) is 4.99 Å². The lowest BCUT2D eigenvalue weighted by Crippen LogP contribution is -2.37. The van der Waals surface area contributed by atoms with E-state index >= 15 is 0 Å². The van der Waals surface area contributed by atoms with Gasteiger partial charge in [0, 0.05) is 20.1 Å². The van der Waals surface area contributed by atoms with Gasteiger partial charge in [0.05, 0.1) is 14.2 Å². The van der Waals surface area contributed by atoms with Crippen molar-refractivity contribution >= 4 is 29.9 Å². The maximum absolute atomic E-state index is 12.3. The fraction of sp³-hybridized carbons (Fsp3) is 0.350. The molecule has 9 heteroatoms. The van der Waals surface area contributed by atoms with Crippen LogP contribution in [0.5, 0.6) is 17.2 Å². The Kier molecular flexibility index (Phi) is 11.1. The summed E-state index contributed by atoms with van der Waals surface area (Å²) in [6.45, 7) is -1.76. The molecule has 6 nitrogen and oxygen atoms in total. The molecule has 0 heterocycles. The summed E-state index contributed by atoms with van der Waals surface area (Å²) >= 11 is 0. The lowest BCUT2D eigenvalue weighted by atomic mass is 10.1. The molecule has 0 unspecified atom stereocenters. The van der Waals surface area contributed by atoms with Crippen LogP contribution >= 0.6 is 24.0 Å². The molecule has 0 fully saturated rings. The highest BCUT2D eigenvalue weighted by Gasteiger charge is 2.06. The number of nitrogens with one attached hydrogen (secondary N) is 2. The third kappa shape index (κ3) is 8.30. The first-order valence-electron chi connectivity index (χ1n) is 8.75. The topological polar surface area (TPSA) is 64.1 Å². The minimum absolute atomic E-state index is 0. The molecule has 2 aromatic carbocycles. The molecule has 0 aliphatic heterocycles. The summed E-state index contributed by atoms with van der Waals surface area (Å²) in [6, 6.07) is 12.3. The Morgan fingerprint density at radius 1 is 1.00 bits per heavy atom. The van der Waals surface area contributed by atoms with E-state index in [1.807, 2.05) is 24.3 Å². The Morgan fingerprint density at radius 2 is 1.76 bits per heavy atom. The number of nitrogens with zero attached hydrogens (tertiary/aromatic N) is 1. The van der Waals surface area contributed by atoms with Gasteiger partial charge in [-0.15, -0.1) is 24.0 Å². The summed E-state index contributed by atoms with van der Waals surface area (Å²) < 4.78 is 39.6. The molecular weight excluding hydrogens is 495 g/mol. The number of halogens is 3. The van der Waals surface area contributed by atoms with Gasteiger partial charge in [0.1, 0.15) is 5.75 Å². The summed E-state index contributed by atoms with van der Waals surface area (Å²) in [4.78, 5) is 4.16. The highest BCUT2D eigenvalue weighted by molar-refractivity contribution is 14.0. The zero-order valence-corrected chi connectivity index (χ0v) is 18.9. The van der Waals surface area contributed by atoms with E-state index in [0.717, 1.165) is 17.5 Å². The molecule has 0 atom stereocenters. The first-order chi connectivity index (χ1) is 13.5. The van der Waals surface area contributed by atoms with Crippen molar-refractivity contribution in [2.24, 2.45) is 4.99 Å². The second-order valence-electron chi connectivity index (χ2n) is 5.82. The van der Waals surface area contributed by atoms with E-state index in [9.17, 15) is 8.78 Å². The third-order valence-corrected chi connectivity index (χ3v) is 3.96. The van der Waals surface area contributed by atoms with Crippen LogP contribution < -0.4 is 24.8 Å². The SMILES string of the molecule is CN=C(NCCc1ccc(OC)c(OC)c1)NCc1cccc(OC(F)F)c1.I. The second-order valence-corrected chi connectivity index (χ2v) is 5.82. The summed E-state index contributed by atoms with van der Waals surface area (Å²) in [5.74, 6) is 2.12. The predicted molar refractivity (Wildman–Crippen MR) is 120 cm³/mol. The fourth-order valence-electron chi connectivity index (χ4n) is 2.60. The minimum Gasteiger partial charge on any atom is -0.493 e. The molecule has 29 heavy (non-hydrogen) atoms. The van der Waals surface area contributed by atoms with E-state index in [0.29, 0.717) is 30.5 Å². The molecule has 0 saturated carbocycles. The number of guanidine groups is 1. The average molecular weight is 521 g/mol. The Labute approximate surface area is 186 Å². The molecule has 2 rings (SSSR count). The molecule has 0 saturated heterocycles. The number of rotatable bonds is 9. The maximum atomic E-state index is 12.3. The summed E-state index contributed by atoms with van der Waals surface area (Å²) in [7, 11) is 4.87. The summed E-state index contributed by atoms with van der Waals surface area (Å²) in [5.41, 5.74) is 1.90. The quantitative estimate of drug-likeness (QED) is 0.299. The van der Waals surface area contributed by atoms with E-state index in [2.05, 4.69) is 20.4 Å². The molecule has 2 N–H and O–H groups in total. The van der Waals surface area contributed by atoms with Gasteiger partial charge < -0.3 is 24.8 Å². The normalized spacial score (nSPS) is 10.9. The largest absolute Gasteiger partial charge is 0.493 e. The molecule has 0 aliphatic rings. The van der Waals surface area contributed by atoms with Gasteiger partial charge in [0.2, 0.25) is 0 Å². The van der Waals surface area contributed by atoms with Crippen LogP contribution in [0, 0.1) is 0 Å². The summed E-state index contributed by atoms with van der Waals surface area (Å²) in [6.07, 6.45) is 0.763.